The molecule has 0 fully saturated rings. The average Bonchev–Trinajstić information content (AvgIpc) is 2.88. The van der Waals surface area contributed by atoms with Gasteiger partial charge < -0.3 is 20.5 Å². The molecule has 110 valence electrons. The highest BCUT2D eigenvalue weighted by Gasteiger charge is 2.23. The summed E-state index contributed by atoms with van der Waals surface area (Å²) in [6.07, 6.45) is 1.95. The molecule has 1 aromatic carbocycles. The molecule has 1 aliphatic carbocycles. The summed E-state index contributed by atoms with van der Waals surface area (Å²) in [4.78, 5) is 12.4. The number of hydrogen-bond donors (Lipinski definition) is 2. The molecule has 0 aliphatic heterocycles. The zero-order valence-electron chi connectivity index (χ0n) is 12.0. The molecule has 0 radical (unpaired) electrons. The predicted octanol–water partition coefficient (Wildman–Crippen LogP) is 1.57. The summed E-state index contributed by atoms with van der Waals surface area (Å²) >= 11 is 0. The van der Waals surface area contributed by atoms with Gasteiger partial charge in [0.25, 0.3) is 0 Å². The lowest BCUT2D eigenvalue weighted by atomic mass is 10.1. The van der Waals surface area contributed by atoms with E-state index in [9.17, 15) is 0 Å². The minimum atomic E-state index is 0.150. The van der Waals surface area contributed by atoms with Crippen molar-refractivity contribution in [3.05, 3.63) is 29.3 Å². The number of aryl methyl sites for hydroxylation is 1. The maximum atomic E-state index is 5.82. The third-order valence-corrected chi connectivity index (χ3v) is 3.51. The van der Waals surface area contributed by atoms with E-state index in [2.05, 4.69) is 20.3 Å². The molecule has 1 aromatic heterocycles. The largest absolute Gasteiger partial charge is 0.467 e. The Labute approximate surface area is 122 Å². The summed E-state index contributed by atoms with van der Waals surface area (Å²) in [6, 6.07) is 6.57. The van der Waals surface area contributed by atoms with E-state index in [1.54, 1.807) is 0 Å². The van der Waals surface area contributed by atoms with Crippen LogP contribution >= 0.6 is 0 Å². The minimum absolute atomic E-state index is 0.150. The van der Waals surface area contributed by atoms with E-state index < -0.39 is 0 Å². The molecular weight excluding hydrogens is 270 g/mol. The summed E-state index contributed by atoms with van der Waals surface area (Å²) in [6.45, 7) is 0. The maximum absolute atomic E-state index is 5.82. The van der Waals surface area contributed by atoms with Gasteiger partial charge >= 0.3 is 12.0 Å². The molecular formula is C14H17N5O2. The molecule has 0 saturated heterocycles. The highest BCUT2D eigenvalue weighted by atomic mass is 16.5. The van der Waals surface area contributed by atoms with Crippen molar-refractivity contribution in [2.24, 2.45) is 0 Å². The van der Waals surface area contributed by atoms with E-state index >= 15 is 0 Å². The number of anilines is 2. The lowest BCUT2D eigenvalue weighted by Crippen LogP contribution is -2.11. The number of benzene rings is 1. The van der Waals surface area contributed by atoms with Crippen LogP contribution in [0.15, 0.2) is 18.2 Å². The number of aromatic nitrogens is 3. The number of nitrogens with two attached hydrogens (primary N) is 1. The first-order chi connectivity index (χ1) is 10.2. The third kappa shape index (κ3) is 2.67. The van der Waals surface area contributed by atoms with Gasteiger partial charge in [-0.05, 0) is 36.1 Å². The second-order valence-electron chi connectivity index (χ2n) is 4.83. The predicted molar refractivity (Wildman–Crippen MR) is 78.5 cm³/mol. The van der Waals surface area contributed by atoms with Gasteiger partial charge in [0, 0.05) is 5.69 Å². The first kappa shape index (κ1) is 13.4. The van der Waals surface area contributed by atoms with Gasteiger partial charge in [-0.1, -0.05) is 6.07 Å². The monoisotopic (exact) mass is 287 g/mol. The minimum Gasteiger partial charge on any atom is -0.467 e. The van der Waals surface area contributed by atoms with Crippen molar-refractivity contribution < 1.29 is 9.47 Å². The Bertz CT molecular complexity index is 640. The highest BCUT2D eigenvalue weighted by Crippen LogP contribution is 2.34. The molecule has 1 aliphatic rings. The van der Waals surface area contributed by atoms with Crippen LogP contribution in [-0.4, -0.2) is 29.2 Å². The summed E-state index contributed by atoms with van der Waals surface area (Å²) in [5.74, 6) is 0.438. The van der Waals surface area contributed by atoms with Crippen LogP contribution in [0.5, 0.6) is 12.0 Å². The van der Waals surface area contributed by atoms with Crippen molar-refractivity contribution in [2.45, 2.75) is 18.9 Å². The number of rotatable bonds is 4. The van der Waals surface area contributed by atoms with E-state index in [-0.39, 0.29) is 18.1 Å². The molecule has 3 N–H and O–H groups in total. The van der Waals surface area contributed by atoms with Crippen LogP contribution in [0.1, 0.15) is 23.6 Å². The Kier molecular flexibility index (Phi) is 3.47. The molecule has 0 saturated carbocycles. The van der Waals surface area contributed by atoms with E-state index in [4.69, 9.17) is 15.2 Å². The van der Waals surface area contributed by atoms with Crippen molar-refractivity contribution in [1.29, 1.82) is 0 Å². The molecule has 0 spiro atoms. The Morgan fingerprint density at radius 3 is 2.52 bits per heavy atom. The number of hydrogen-bond acceptors (Lipinski definition) is 7. The van der Waals surface area contributed by atoms with Crippen LogP contribution in [0.3, 0.4) is 0 Å². The molecule has 21 heavy (non-hydrogen) atoms. The second-order valence-corrected chi connectivity index (χ2v) is 4.83. The van der Waals surface area contributed by atoms with Crippen molar-refractivity contribution >= 4 is 11.6 Å². The number of nitrogen functional groups attached to an aromatic ring is 1. The molecule has 3 rings (SSSR count). The summed E-state index contributed by atoms with van der Waals surface area (Å²) in [5, 5.41) is 3.30. The molecule has 1 heterocycles. The molecule has 7 nitrogen and oxygen atoms in total. The normalized spacial score (nSPS) is 16.4. The number of ether oxygens (including phenoxy) is 2. The number of nitrogens with zero attached hydrogens (tertiary/aromatic N) is 3. The fraction of sp³-hybridized carbons (Fsp3) is 0.357. The fourth-order valence-electron chi connectivity index (χ4n) is 2.53. The number of fused-ring (bicyclic) bond motifs is 1. The Morgan fingerprint density at radius 1 is 1.14 bits per heavy atom. The molecule has 2 aromatic rings. The summed E-state index contributed by atoms with van der Waals surface area (Å²) in [5.41, 5.74) is 9.10. The van der Waals surface area contributed by atoms with E-state index in [1.807, 2.05) is 18.2 Å². The topological polar surface area (TPSA) is 95.2 Å². The van der Waals surface area contributed by atoms with Gasteiger partial charge in [-0.15, -0.1) is 4.98 Å². The lowest BCUT2D eigenvalue weighted by Gasteiger charge is -2.14. The van der Waals surface area contributed by atoms with Gasteiger partial charge in [0.1, 0.15) is 0 Å². The molecule has 0 bridgehead atoms. The fourth-order valence-corrected chi connectivity index (χ4v) is 2.53. The Hall–Kier alpha value is -2.57. The van der Waals surface area contributed by atoms with Crippen molar-refractivity contribution in [2.75, 3.05) is 25.3 Å². The first-order valence-corrected chi connectivity index (χ1v) is 6.68. The first-order valence-electron chi connectivity index (χ1n) is 6.68. The molecule has 1 unspecified atom stereocenters. The highest BCUT2D eigenvalue weighted by molar-refractivity contribution is 5.49. The SMILES string of the molecule is COc1nc(NC2CCc3cc(N)ccc32)nc(OC)n1. The van der Waals surface area contributed by atoms with Gasteiger partial charge in [-0.3, -0.25) is 0 Å². The van der Waals surface area contributed by atoms with Crippen LogP contribution in [0, 0.1) is 0 Å². The van der Waals surface area contributed by atoms with E-state index in [1.165, 1.54) is 25.3 Å². The molecule has 1 atom stereocenters. The lowest BCUT2D eigenvalue weighted by molar-refractivity contribution is 0.341. The van der Waals surface area contributed by atoms with Crippen molar-refractivity contribution in [3.8, 4) is 12.0 Å². The van der Waals surface area contributed by atoms with Crippen LogP contribution in [0.25, 0.3) is 0 Å². The van der Waals surface area contributed by atoms with Gasteiger partial charge in [-0.2, -0.15) is 9.97 Å². The average molecular weight is 287 g/mol. The van der Waals surface area contributed by atoms with E-state index in [0.29, 0.717) is 5.95 Å². The quantitative estimate of drug-likeness (QED) is 0.824. The summed E-state index contributed by atoms with van der Waals surface area (Å²) in [7, 11) is 3.01. The number of methoxy groups -OCH3 is 2. The summed E-state index contributed by atoms with van der Waals surface area (Å²) < 4.78 is 10.1. The van der Waals surface area contributed by atoms with Crippen LogP contribution in [0.4, 0.5) is 11.6 Å². The smallest absolute Gasteiger partial charge is 0.324 e. The van der Waals surface area contributed by atoms with Gasteiger partial charge in [0.05, 0.1) is 20.3 Å². The second kappa shape index (κ2) is 5.43. The van der Waals surface area contributed by atoms with E-state index in [0.717, 1.165) is 18.5 Å². The van der Waals surface area contributed by atoms with Crippen LogP contribution < -0.4 is 20.5 Å². The number of nitrogens with one attached hydrogen (secondary N) is 1. The molecule has 0 amide bonds. The van der Waals surface area contributed by atoms with Gasteiger partial charge in [-0.25, -0.2) is 0 Å². The zero-order valence-corrected chi connectivity index (χ0v) is 12.0. The molecule has 7 heteroatoms. The Balaban J connectivity index is 1.85. The Morgan fingerprint density at radius 2 is 1.86 bits per heavy atom. The van der Waals surface area contributed by atoms with Crippen LogP contribution in [-0.2, 0) is 6.42 Å². The van der Waals surface area contributed by atoms with Crippen molar-refractivity contribution in [1.82, 2.24) is 15.0 Å². The van der Waals surface area contributed by atoms with Crippen LogP contribution in [0.2, 0.25) is 0 Å². The van der Waals surface area contributed by atoms with Gasteiger partial charge in [0.15, 0.2) is 0 Å². The van der Waals surface area contributed by atoms with Crippen molar-refractivity contribution in [3.63, 3.8) is 0 Å². The zero-order chi connectivity index (χ0) is 14.8. The standard InChI is InChI=1S/C14H17N5O2/c1-20-13-17-12(18-14(19-13)21-2)16-11-6-3-8-7-9(15)4-5-10(8)11/h4-5,7,11H,3,6,15H2,1-2H3,(H,16,17,18,19). The maximum Gasteiger partial charge on any atom is 0.324 e. The third-order valence-electron chi connectivity index (χ3n) is 3.51. The van der Waals surface area contributed by atoms with Gasteiger partial charge in [0.2, 0.25) is 5.95 Å².